The summed E-state index contributed by atoms with van der Waals surface area (Å²) in [6, 6.07) is 8.54. The van der Waals surface area contributed by atoms with Crippen LogP contribution >= 0.6 is 11.3 Å². The number of thiazole rings is 1. The second kappa shape index (κ2) is 8.95. The molecule has 1 saturated heterocycles. The highest BCUT2D eigenvalue weighted by atomic mass is 32.1. The first-order valence-electron chi connectivity index (χ1n) is 12.2. The lowest BCUT2D eigenvalue weighted by atomic mass is 9.94. The molecular weight excluding hydrogens is 512 g/mol. The number of hydrogen-bond donors (Lipinski definition) is 1. The molecule has 4 heterocycles. The molecular formula is C27H25F2N5O3S. The number of fused-ring (bicyclic) bond motifs is 1. The molecule has 8 nitrogen and oxygen atoms in total. The van der Waals surface area contributed by atoms with Gasteiger partial charge in [-0.1, -0.05) is 5.16 Å². The number of carbonyl (C=O) groups excluding carboxylic acids is 1. The number of hydrogen-bond acceptors (Lipinski definition) is 8. The quantitative estimate of drug-likeness (QED) is 0.377. The number of carbonyl (C=O) groups is 1. The number of aryl methyl sites for hydroxylation is 1. The van der Waals surface area contributed by atoms with E-state index >= 15 is 0 Å². The largest absolute Gasteiger partial charge is 0.474 e. The van der Waals surface area contributed by atoms with E-state index in [0.29, 0.717) is 51.5 Å². The minimum absolute atomic E-state index is 0.0558. The lowest BCUT2D eigenvalue weighted by Gasteiger charge is -2.22. The fraction of sp³-hybridized carbons (Fsp3) is 0.333. The number of amides is 1. The Morgan fingerprint density at radius 3 is 2.55 bits per heavy atom. The third-order valence-corrected chi connectivity index (χ3v) is 8.23. The van der Waals surface area contributed by atoms with Crippen molar-refractivity contribution >= 4 is 17.2 Å². The Kier molecular flexibility index (Phi) is 5.80. The summed E-state index contributed by atoms with van der Waals surface area (Å²) in [5.74, 6) is -0.759. The van der Waals surface area contributed by atoms with E-state index in [9.17, 15) is 13.6 Å². The standard InChI is InChI=1S/C27H25F2N5O3S/c1-13-24(38-25(31-13)20-6-7-36-33-20)26(35)34-11-17-18(12-34)23(17)37-22-9-14(27(2,3)30)8-21(32-22)16-5-4-15(28)10-19(16)29/h4-10,17-18,23H,11-12,30H2,1-3H3/t17-,18+,23?. The van der Waals surface area contributed by atoms with Gasteiger partial charge >= 0.3 is 0 Å². The summed E-state index contributed by atoms with van der Waals surface area (Å²) in [5, 5.41) is 4.55. The Morgan fingerprint density at radius 2 is 1.89 bits per heavy atom. The van der Waals surface area contributed by atoms with Crippen LogP contribution in [0.3, 0.4) is 0 Å². The van der Waals surface area contributed by atoms with E-state index in [1.54, 1.807) is 18.2 Å². The van der Waals surface area contributed by atoms with Crippen LogP contribution in [0.4, 0.5) is 8.78 Å². The maximum absolute atomic E-state index is 14.5. The maximum Gasteiger partial charge on any atom is 0.265 e. The van der Waals surface area contributed by atoms with Gasteiger partial charge in [-0.05, 0) is 44.5 Å². The fourth-order valence-corrected chi connectivity index (χ4v) is 5.89. The summed E-state index contributed by atoms with van der Waals surface area (Å²) in [4.78, 5) is 24.6. The number of nitrogens with two attached hydrogens (primary N) is 1. The summed E-state index contributed by atoms with van der Waals surface area (Å²) in [6.07, 6.45) is 1.36. The zero-order chi connectivity index (χ0) is 26.8. The third-order valence-electron chi connectivity index (χ3n) is 7.06. The first-order valence-corrected chi connectivity index (χ1v) is 13.0. The van der Waals surface area contributed by atoms with Crippen molar-refractivity contribution in [1.29, 1.82) is 0 Å². The van der Waals surface area contributed by atoms with Crippen LogP contribution in [0.2, 0.25) is 0 Å². The van der Waals surface area contributed by atoms with E-state index in [-0.39, 0.29) is 29.4 Å². The van der Waals surface area contributed by atoms with Gasteiger partial charge in [0.05, 0.1) is 11.4 Å². The van der Waals surface area contributed by atoms with Gasteiger partial charge in [0.2, 0.25) is 5.88 Å². The SMILES string of the molecule is Cc1nc(-c2ccon2)sc1C(=O)N1C[C@@H]2C(Oc3cc(C(C)(C)N)cc(-c4ccc(F)cc4F)n3)[C@@H]2C1. The van der Waals surface area contributed by atoms with E-state index in [1.165, 1.54) is 29.7 Å². The number of rotatable bonds is 6. The Balaban J connectivity index is 1.17. The van der Waals surface area contributed by atoms with E-state index in [0.717, 1.165) is 6.07 Å². The molecule has 1 unspecified atom stereocenters. The number of piperidine rings is 1. The molecule has 1 amide bonds. The van der Waals surface area contributed by atoms with Crippen molar-refractivity contribution in [1.82, 2.24) is 20.0 Å². The molecule has 1 aromatic carbocycles. The number of benzene rings is 1. The summed E-state index contributed by atoms with van der Waals surface area (Å²) in [6.45, 7) is 6.61. The van der Waals surface area contributed by atoms with Crippen LogP contribution in [0.15, 0.2) is 47.2 Å². The predicted octanol–water partition coefficient (Wildman–Crippen LogP) is 4.79. The van der Waals surface area contributed by atoms with Gasteiger partial charge in [0.1, 0.15) is 39.6 Å². The average molecular weight is 538 g/mol. The molecule has 38 heavy (non-hydrogen) atoms. The molecule has 0 spiro atoms. The fourth-order valence-electron chi connectivity index (χ4n) is 4.90. The van der Waals surface area contributed by atoms with Crippen molar-refractivity contribution in [3.05, 3.63) is 70.4 Å². The molecule has 1 aliphatic heterocycles. The van der Waals surface area contributed by atoms with Crippen LogP contribution in [-0.2, 0) is 5.54 Å². The summed E-state index contributed by atoms with van der Waals surface area (Å²) < 4.78 is 39.1. The van der Waals surface area contributed by atoms with Gasteiger partial charge in [0, 0.05) is 54.2 Å². The highest BCUT2D eigenvalue weighted by Gasteiger charge is 2.59. The number of pyridine rings is 1. The van der Waals surface area contributed by atoms with Crippen molar-refractivity contribution in [2.75, 3.05) is 13.1 Å². The molecule has 0 bridgehead atoms. The first kappa shape index (κ1) is 24.6. The van der Waals surface area contributed by atoms with Crippen LogP contribution in [0.5, 0.6) is 5.88 Å². The van der Waals surface area contributed by atoms with Crippen LogP contribution in [-0.4, -0.2) is 45.1 Å². The van der Waals surface area contributed by atoms with Gasteiger partial charge in [-0.3, -0.25) is 4.79 Å². The van der Waals surface area contributed by atoms with E-state index in [2.05, 4.69) is 15.1 Å². The topological polar surface area (TPSA) is 107 Å². The van der Waals surface area contributed by atoms with Crippen LogP contribution in [0, 0.1) is 30.4 Å². The lowest BCUT2D eigenvalue weighted by Crippen LogP contribution is -2.33. The molecule has 6 rings (SSSR count). The minimum Gasteiger partial charge on any atom is -0.474 e. The molecule has 11 heteroatoms. The molecule has 4 aromatic rings. The highest BCUT2D eigenvalue weighted by Crippen LogP contribution is 2.48. The van der Waals surface area contributed by atoms with Crippen molar-refractivity contribution in [3.8, 4) is 27.8 Å². The van der Waals surface area contributed by atoms with Crippen LogP contribution in [0.1, 0.15) is 34.8 Å². The van der Waals surface area contributed by atoms with E-state index in [1.807, 2.05) is 25.7 Å². The summed E-state index contributed by atoms with van der Waals surface area (Å²) in [7, 11) is 0. The van der Waals surface area contributed by atoms with Crippen molar-refractivity contribution in [2.24, 2.45) is 17.6 Å². The Labute approximate surface area is 221 Å². The van der Waals surface area contributed by atoms with E-state index < -0.39 is 17.2 Å². The Hall–Kier alpha value is -3.70. The van der Waals surface area contributed by atoms with Gasteiger partial charge < -0.3 is 19.9 Å². The second-order valence-corrected chi connectivity index (χ2v) is 11.4. The van der Waals surface area contributed by atoms with Gasteiger partial charge in [-0.15, -0.1) is 11.3 Å². The van der Waals surface area contributed by atoms with Gasteiger partial charge in [-0.2, -0.15) is 0 Å². The minimum atomic E-state index is -0.730. The molecule has 1 aliphatic carbocycles. The molecule has 2 N–H and O–H groups in total. The third kappa shape index (κ3) is 4.45. The second-order valence-electron chi connectivity index (χ2n) is 10.4. The predicted molar refractivity (Wildman–Crippen MR) is 136 cm³/mol. The number of ether oxygens (including phenoxy) is 1. The molecule has 3 aromatic heterocycles. The summed E-state index contributed by atoms with van der Waals surface area (Å²) in [5.41, 5.74) is 8.07. The van der Waals surface area contributed by atoms with Crippen LogP contribution < -0.4 is 10.5 Å². The highest BCUT2D eigenvalue weighted by molar-refractivity contribution is 7.17. The van der Waals surface area contributed by atoms with Gasteiger partial charge in [0.15, 0.2) is 0 Å². The normalized spacial score (nSPS) is 20.5. The Morgan fingerprint density at radius 1 is 1.13 bits per heavy atom. The number of aromatic nitrogens is 3. The maximum atomic E-state index is 14.5. The molecule has 0 radical (unpaired) electrons. The number of nitrogens with zero attached hydrogens (tertiary/aromatic N) is 4. The lowest BCUT2D eigenvalue weighted by molar-refractivity contribution is 0.0755. The van der Waals surface area contributed by atoms with Gasteiger partial charge in [0.25, 0.3) is 5.91 Å². The zero-order valence-electron chi connectivity index (χ0n) is 20.9. The van der Waals surface area contributed by atoms with Crippen molar-refractivity contribution in [2.45, 2.75) is 32.4 Å². The number of likely N-dealkylation sites (tertiary alicyclic amines) is 1. The zero-order valence-corrected chi connectivity index (χ0v) is 21.8. The molecule has 2 fully saturated rings. The smallest absolute Gasteiger partial charge is 0.265 e. The monoisotopic (exact) mass is 537 g/mol. The Bertz CT molecular complexity index is 1520. The molecule has 196 valence electrons. The first-order chi connectivity index (χ1) is 18.1. The van der Waals surface area contributed by atoms with Crippen molar-refractivity contribution in [3.63, 3.8) is 0 Å². The van der Waals surface area contributed by atoms with Crippen LogP contribution in [0.25, 0.3) is 22.0 Å². The van der Waals surface area contributed by atoms with E-state index in [4.69, 9.17) is 15.0 Å². The number of halogens is 2. The molecule has 3 atom stereocenters. The average Bonchev–Trinajstić information content (AvgIpc) is 3.36. The molecule has 1 saturated carbocycles. The van der Waals surface area contributed by atoms with Crippen molar-refractivity contribution < 1.29 is 22.8 Å². The summed E-state index contributed by atoms with van der Waals surface area (Å²) >= 11 is 1.31. The molecule has 2 aliphatic rings. The van der Waals surface area contributed by atoms with Gasteiger partial charge in [-0.25, -0.2) is 18.7 Å².